The molecule has 0 radical (unpaired) electrons. The number of benzene rings is 1. The lowest BCUT2D eigenvalue weighted by molar-refractivity contribution is -0.138. The van der Waals surface area contributed by atoms with Gasteiger partial charge in [0.25, 0.3) is 0 Å². The lowest BCUT2D eigenvalue weighted by Gasteiger charge is -2.28. The van der Waals surface area contributed by atoms with Crippen molar-refractivity contribution < 1.29 is 58.2 Å². The second-order valence-electron chi connectivity index (χ2n) is 19.2. The summed E-state index contributed by atoms with van der Waals surface area (Å²) in [5.41, 5.74) is 11.6. The number of hydrogen-bond donors (Lipinski definition) is 14. The molecule has 1 aromatic rings. The van der Waals surface area contributed by atoms with E-state index in [1.807, 2.05) is 0 Å². The molecule has 0 bridgehead atoms. The molecule has 4 fully saturated rings. The van der Waals surface area contributed by atoms with Crippen molar-refractivity contribution in [3.63, 3.8) is 0 Å². The van der Waals surface area contributed by atoms with Gasteiger partial charge in [-0.1, -0.05) is 25.0 Å². The average Bonchev–Trinajstić information content (AvgIpc) is 4.16. The Labute approximate surface area is 412 Å². The molecule has 16 N–H and O–H groups in total. The molecule has 12 atom stereocenters. The lowest BCUT2D eigenvalue weighted by Crippen LogP contribution is -2.58. The van der Waals surface area contributed by atoms with E-state index in [9.17, 15) is 58.2 Å². The van der Waals surface area contributed by atoms with E-state index in [0.29, 0.717) is 57.1 Å². The third-order valence-electron chi connectivity index (χ3n) is 13.8. The summed E-state index contributed by atoms with van der Waals surface area (Å²) < 4.78 is 0. The second-order valence-corrected chi connectivity index (χ2v) is 19.2. The van der Waals surface area contributed by atoms with Crippen molar-refractivity contribution in [1.29, 1.82) is 0 Å². The van der Waals surface area contributed by atoms with Gasteiger partial charge >= 0.3 is 5.97 Å². The normalized spacial score (nSPS) is 25.3. The number of nitrogens with two attached hydrogens (primary N) is 2. The summed E-state index contributed by atoms with van der Waals surface area (Å²) in [7, 11) is 0. The van der Waals surface area contributed by atoms with Gasteiger partial charge in [-0.2, -0.15) is 0 Å². The van der Waals surface area contributed by atoms with Gasteiger partial charge in [-0.15, -0.1) is 0 Å². The zero-order valence-corrected chi connectivity index (χ0v) is 40.4. The third kappa shape index (κ3) is 16.3. The van der Waals surface area contributed by atoms with Gasteiger partial charge in [-0.3, -0.25) is 47.9 Å². The van der Waals surface area contributed by atoms with Gasteiger partial charge in [0.05, 0.1) is 35.8 Å². The number of nitrogens with one attached hydrogen (secondary N) is 10. The SMILES string of the molecule is CC(=O)N[C@H]1CCC[C@@H]1C(=O)N[C@@H](CCCCN)C(=O)N[C@@H]1CNC[C@@H]1C(=O)N[C@@H](Cc1ccc(O)cc1)C(=O)N[C@@H]1CCC[C@@H]1C(=O)N[C@@H](CCC(=O)O)C(=O)N[C@@H]1CNC[C@@H]1C(=O)N[C@@H](C)C(N)=O. The molecule has 24 heteroatoms. The summed E-state index contributed by atoms with van der Waals surface area (Å²) >= 11 is 0. The first-order valence-corrected chi connectivity index (χ1v) is 24.6. The van der Waals surface area contributed by atoms with Crippen molar-refractivity contribution in [3.8, 4) is 5.75 Å². The van der Waals surface area contributed by atoms with E-state index in [1.54, 1.807) is 12.1 Å². The topological polar surface area (TPSA) is 383 Å². The number of hydrogen-bond acceptors (Lipinski definition) is 14. The Kier molecular flexibility index (Phi) is 20.9. The van der Waals surface area contributed by atoms with Gasteiger partial charge in [0.15, 0.2) is 0 Å². The van der Waals surface area contributed by atoms with Crippen LogP contribution >= 0.6 is 0 Å². The minimum Gasteiger partial charge on any atom is -0.508 e. The summed E-state index contributed by atoms with van der Waals surface area (Å²) in [6, 6.07) is -0.991. The van der Waals surface area contributed by atoms with Gasteiger partial charge in [-0.25, -0.2) is 0 Å². The Bertz CT molecular complexity index is 2090. The fraction of sp³-hybridized carbons (Fsp3) is 0.660. The highest BCUT2D eigenvalue weighted by Gasteiger charge is 2.42. The first-order chi connectivity index (χ1) is 33.8. The summed E-state index contributed by atoms with van der Waals surface area (Å²) in [6.45, 7) is 3.90. The fourth-order valence-corrected chi connectivity index (χ4v) is 9.82. The van der Waals surface area contributed by atoms with Crippen LogP contribution in [-0.2, 0) is 54.4 Å². The molecule has 4 aliphatic rings. The zero-order valence-electron chi connectivity index (χ0n) is 40.4. The maximum Gasteiger partial charge on any atom is 0.303 e. The quantitative estimate of drug-likeness (QED) is 0.0421. The van der Waals surface area contributed by atoms with Crippen LogP contribution in [0, 0.1) is 23.7 Å². The number of amides is 9. The highest BCUT2D eigenvalue weighted by molar-refractivity contribution is 5.94. The van der Waals surface area contributed by atoms with Crippen molar-refractivity contribution in [2.75, 3.05) is 32.7 Å². The van der Waals surface area contributed by atoms with Crippen LogP contribution in [-0.4, -0.2) is 150 Å². The van der Waals surface area contributed by atoms with Gasteiger partial charge in [-0.05, 0) is 82.5 Å². The lowest BCUT2D eigenvalue weighted by atomic mass is 9.97. The molecule has 5 rings (SSSR count). The average molecular weight is 997 g/mol. The number of carboxylic acid groups (broad SMARTS) is 1. The first-order valence-electron chi connectivity index (χ1n) is 24.6. The van der Waals surface area contributed by atoms with E-state index >= 15 is 0 Å². The second kappa shape index (κ2) is 26.7. The van der Waals surface area contributed by atoms with Gasteiger partial charge in [0.1, 0.15) is 29.9 Å². The molecule has 9 amide bonds. The number of phenolic OH excluding ortho intramolecular Hbond substituents is 1. The van der Waals surface area contributed by atoms with Crippen LogP contribution in [0.3, 0.4) is 0 Å². The maximum atomic E-state index is 14.3. The predicted octanol–water partition coefficient (Wildman–Crippen LogP) is -3.63. The standard InChI is InChI=1S/C47H72N12O12/c1-24(40(49)64)52-43(67)30-20-50-22-37(30)59-46(70)35(16-17-39(62)63)56-42(66)29-8-6-11-33(29)54-47(71)36(19-26-12-14-27(61)15-13-26)57-44(68)31-21-51-23-38(31)58-45(69)34(9-3-4-18-48)55-41(65)28-7-5-10-32(28)53-25(2)60/h12-15,24,28-38,50-51,61H,3-11,16-23,48H2,1-2H3,(H2,49,64)(H,52,67)(H,53,60)(H,54,71)(H,55,65)(H,56,66)(H,57,68)(H,58,69)(H,59,70)(H,62,63)/t24-,28-,29-,30-,31-,32-,33+,34-,35-,36-,37+,38+/m0/s1. The number of unbranched alkanes of at least 4 members (excludes halogenated alkanes) is 1. The van der Waals surface area contributed by atoms with Crippen molar-refractivity contribution in [1.82, 2.24) is 53.2 Å². The molecule has 1 aromatic carbocycles. The molecule has 0 spiro atoms. The molecule has 0 aromatic heterocycles. The van der Waals surface area contributed by atoms with E-state index in [0.717, 1.165) is 6.42 Å². The Balaban J connectivity index is 1.25. The monoisotopic (exact) mass is 997 g/mol. The van der Waals surface area contributed by atoms with Crippen LogP contribution in [0.25, 0.3) is 0 Å². The molecule has 71 heavy (non-hydrogen) atoms. The van der Waals surface area contributed by atoms with Crippen molar-refractivity contribution in [2.24, 2.45) is 35.1 Å². The van der Waals surface area contributed by atoms with Crippen LogP contribution in [0.5, 0.6) is 5.75 Å². The van der Waals surface area contributed by atoms with Crippen LogP contribution in [0.4, 0.5) is 0 Å². The zero-order chi connectivity index (χ0) is 51.8. The number of primary amides is 1. The van der Waals surface area contributed by atoms with E-state index in [2.05, 4.69) is 53.2 Å². The molecule has 2 saturated carbocycles. The summed E-state index contributed by atoms with van der Waals surface area (Å²) in [5, 5.41) is 47.9. The van der Waals surface area contributed by atoms with Crippen LogP contribution in [0.15, 0.2) is 24.3 Å². The minimum atomic E-state index is -1.33. The highest BCUT2D eigenvalue weighted by Crippen LogP contribution is 2.28. The van der Waals surface area contributed by atoms with Crippen LogP contribution in [0.1, 0.15) is 90.0 Å². The maximum absolute atomic E-state index is 14.3. The number of carbonyl (C=O) groups excluding carboxylic acids is 9. The number of aromatic hydroxyl groups is 1. The predicted molar refractivity (Wildman–Crippen MR) is 255 cm³/mol. The Morgan fingerprint density at radius 1 is 0.606 bits per heavy atom. The van der Waals surface area contributed by atoms with Crippen LogP contribution < -0.4 is 64.6 Å². The molecule has 2 heterocycles. The highest BCUT2D eigenvalue weighted by atomic mass is 16.4. The number of aliphatic carboxylic acids is 1. The van der Waals surface area contributed by atoms with Crippen molar-refractivity contribution in [2.45, 2.75) is 139 Å². The van der Waals surface area contributed by atoms with Gasteiger partial charge in [0, 0.05) is 58.0 Å². The summed E-state index contributed by atoms with van der Waals surface area (Å²) in [5.74, 6) is -9.15. The molecule has 24 nitrogen and oxygen atoms in total. The molecular weight excluding hydrogens is 925 g/mol. The largest absolute Gasteiger partial charge is 0.508 e. The first kappa shape index (κ1) is 55.5. The van der Waals surface area contributed by atoms with E-state index in [4.69, 9.17) is 11.5 Å². The van der Waals surface area contributed by atoms with Gasteiger partial charge < -0.3 is 74.8 Å². The molecule has 2 aliphatic carbocycles. The molecule has 392 valence electrons. The third-order valence-corrected chi connectivity index (χ3v) is 13.8. The number of phenols is 1. The summed E-state index contributed by atoms with van der Waals surface area (Å²) in [6.07, 6.45) is 3.77. The molecule has 2 aliphatic heterocycles. The van der Waals surface area contributed by atoms with Crippen molar-refractivity contribution >= 4 is 59.1 Å². The minimum absolute atomic E-state index is 0.0158. The van der Waals surface area contributed by atoms with E-state index < -0.39 is 120 Å². The molecule has 0 unspecified atom stereocenters. The van der Waals surface area contributed by atoms with E-state index in [-0.39, 0.29) is 69.0 Å². The van der Waals surface area contributed by atoms with Crippen LogP contribution in [0.2, 0.25) is 0 Å². The van der Waals surface area contributed by atoms with Crippen molar-refractivity contribution in [3.05, 3.63) is 29.8 Å². The Hall–Kier alpha value is -6.40. The number of carboxylic acids is 1. The number of carbonyl (C=O) groups is 10. The molecule has 2 saturated heterocycles. The smallest absolute Gasteiger partial charge is 0.303 e. The summed E-state index contributed by atoms with van der Waals surface area (Å²) in [4.78, 5) is 131. The van der Waals surface area contributed by atoms with Gasteiger partial charge in [0.2, 0.25) is 53.2 Å². The number of rotatable bonds is 25. The Morgan fingerprint density at radius 2 is 1.07 bits per heavy atom. The fourth-order valence-electron chi connectivity index (χ4n) is 9.82. The molecular formula is C47H72N12O12. The van der Waals surface area contributed by atoms with E-state index in [1.165, 1.54) is 26.0 Å². The Morgan fingerprint density at radius 3 is 1.58 bits per heavy atom.